The molecule has 0 fully saturated rings. The molecule has 0 saturated heterocycles. The molecule has 0 bridgehead atoms. The molecule has 108 valence electrons. The van der Waals surface area contributed by atoms with Crippen LogP contribution in [0.4, 0.5) is 14.7 Å². The molecule has 2 aromatic carbocycles. The van der Waals surface area contributed by atoms with E-state index in [4.69, 9.17) is 5.73 Å². The van der Waals surface area contributed by atoms with Gasteiger partial charge in [0.25, 0.3) is 0 Å². The zero-order valence-electron chi connectivity index (χ0n) is 11.6. The van der Waals surface area contributed by atoms with Crippen LogP contribution in [0.2, 0.25) is 0 Å². The van der Waals surface area contributed by atoms with E-state index in [1.54, 1.807) is 0 Å². The van der Waals surface area contributed by atoms with Crippen LogP contribution in [0.5, 0.6) is 0 Å². The van der Waals surface area contributed by atoms with E-state index in [1.165, 1.54) is 12.1 Å². The van der Waals surface area contributed by atoms with E-state index >= 15 is 0 Å². The second-order valence-corrected chi connectivity index (χ2v) is 5.14. The maximum Gasteiger partial charge on any atom is 0.201 e. The fourth-order valence-electron chi connectivity index (χ4n) is 2.49. The Hall–Kier alpha value is -2.43. The zero-order chi connectivity index (χ0) is 15.0. The summed E-state index contributed by atoms with van der Waals surface area (Å²) >= 11 is 0. The number of imidazole rings is 1. The smallest absolute Gasteiger partial charge is 0.201 e. The summed E-state index contributed by atoms with van der Waals surface area (Å²) in [6.45, 7) is 2.51. The second kappa shape index (κ2) is 5.16. The molecule has 0 aliphatic heterocycles. The first-order valence-electron chi connectivity index (χ1n) is 6.70. The molecule has 0 atom stereocenters. The monoisotopic (exact) mass is 287 g/mol. The standard InChI is InChI=1S/C16H15F2N3/c1-10-2-3-15-14(6-10)20-16(19)21(15)5-4-11-7-12(17)9-13(18)8-11/h2-3,6-9H,4-5H2,1H3,(H2,19,20). The fourth-order valence-corrected chi connectivity index (χ4v) is 2.49. The number of aryl methyl sites for hydroxylation is 3. The van der Waals surface area contributed by atoms with Crippen molar-refractivity contribution in [2.75, 3.05) is 5.73 Å². The number of nitrogens with zero attached hydrogens (tertiary/aromatic N) is 2. The van der Waals surface area contributed by atoms with Crippen molar-refractivity contribution in [2.45, 2.75) is 19.9 Å². The van der Waals surface area contributed by atoms with E-state index in [2.05, 4.69) is 4.98 Å². The average Bonchev–Trinajstić information content (AvgIpc) is 2.70. The van der Waals surface area contributed by atoms with E-state index in [0.29, 0.717) is 24.5 Å². The van der Waals surface area contributed by atoms with Gasteiger partial charge in [-0.2, -0.15) is 0 Å². The van der Waals surface area contributed by atoms with Crippen LogP contribution in [0.25, 0.3) is 11.0 Å². The highest BCUT2D eigenvalue weighted by Crippen LogP contribution is 2.20. The lowest BCUT2D eigenvalue weighted by Crippen LogP contribution is -2.06. The van der Waals surface area contributed by atoms with Gasteiger partial charge in [0.1, 0.15) is 11.6 Å². The van der Waals surface area contributed by atoms with Gasteiger partial charge in [0, 0.05) is 12.6 Å². The Kier molecular flexibility index (Phi) is 3.33. The first-order valence-corrected chi connectivity index (χ1v) is 6.70. The normalized spacial score (nSPS) is 11.2. The van der Waals surface area contributed by atoms with Crippen LogP contribution in [0.3, 0.4) is 0 Å². The highest BCUT2D eigenvalue weighted by atomic mass is 19.1. The highest BCUT2D eigenvalue weighted by molar-refractivity contribution is 5.79. The van der Waals surface area contributed by atoms with Gasteiger partial charge < -0.3 is 10.3 Å². The number of benzene rings is 2. The molecule has 1 heterocycles. The van der Waals surface area contributed by atoms with E-state index in [-0.39, 0.29) is 0 Å². The zero-order valence-corrected chi connectivity index (χ0v) is 11.6. The number of rotatable bonds is 3. The first-order chi connectivity index (χ1) is 10.0. The third kappa shape index (κ3) is 2.72. The van der Waals surface area contributed by atoms with E-state index in [9.17, 15) is 8.78 Å². The van der Waals surface area contributed by atoms with Gasteiger partial charge in [-0.15, -0.1) is 0 Å². The lowest BCUT2D eigenvalue weighted by atomic mass is 10.1. The van der Waals surface area contributed by atoms with Crippen LogP contribution in [-0.2, 0) is 13.0 Å². The fraction of sp³-hybridized carbons (Fsp3) is 0.188. The van der Waals surface area contributed by atoms with Crippen molar-refractivity contribution in [1.82, 2.24) is 9.55 Å². The highest BCUT2D eigenvalue weighted by Gasteiger charge is 2.09. The molecule has 3 nitrogen and oxygen atoms in total. The number of nitrogens with two attached hydrogens (primary N) is 1. The van der Waals surface area contributed by atoms with E-state index < -0.39 is 11.6 Å². The van der Waals surface area contributed by atoms with Crippen molar-refractivity contribution in [3.05, 3.63) is 59.2 Å². The minimum Gasteiger partial charge on any atom is -0.369 e. The number of nitrogen functional groups attached to an aromatic ring is 1. The third-order valence-electron chi connectivity index (χ3n) is 3.48. The number of hydrogen-bond acceptors (Lipinski definition) is 2. The minimum absolute atomic E-state index is 0.410. The predicted molar refractivity (Wildman–Crippen MR) is 78.9 cm³/mol. The third-order valence-corrected chi connectivity index (χ3v) is 3.48. The maximum absolute atomic E-state index is 13.2. The van der Waals surface area contributed by atoms with Gasteiger partial charge >= 0.3 is 0 Å². The molecule has 21 heavy (non-hydrogen) atoms. The summed E-state index contributed by atoms with van der Waals surface area (Å²) in [5.41, 5.74) is 9.40. The lowest BCUT2D eigenvalue weighted by molar-refractivity contribution is 0.577. The van der Waals surface area contributed by atoms with Crippen LogP contribution in [-0.4, -0.2) is 9.55 Å². The van der Waals surface area contributed by atoms with E-state index in [1.807, 2.05) is 29.7 Å². The summed E-state index contributed by atoms with van der Waals surface area (Å²) in [6, 6.07) is 9.45. The largest absolute Gasteiger partial charge is 0.369 e. The van der Waals surface area contributed by atoms with Gasteiger partial charge in [-0.25, -0.2) is 13.8 Å². The number of fused-ring (bicyclic) bond motifs is 1. The summed E-state index contributed by atoms with van der Waals surface area (Å²) in [6.07, 6.45) is 0.484. The van der Waals surface area contributed by atoms with Crippen molar-refractivity contribution in [3.8, 4) is 0 Å². The minimum atomic E-state index is -0.566. The van der Waals surface area contributed by atoms with Gasteiger partial charge in [0.15, 0.2) is 0 Å². The SMILES string of the molecule is Cc1ccc2c(c1)nc(N)n2CCc1cc(F)cc(F)c1. The maximum atomic E-state index is 13.2. The Labute approximate surface area is 121 Å². The summed E-state index contributed by atoms with van der Waals surface area (Å²) in [4.78, 5) is 4.31. The molecule has 0 saturated carbocycles. The molecule has 0 spiro atoms. The molecule has 2 N–H and O–H groups in total. The molecule has 3 rings (SSSR count). The van der Waals surface area contributed by atoms with Crippen molar-refractivity contribution in [2.24, 2.45) is 0 Å². The van der Waals surface area contributed by atoms with Crippen LogP contribution in [0.15, 0.2) is 36.4 Å². The van der Waals surface area contributed by atoms with Crippen LogP contribution in [0, 0.1) is 18.6 Å². The van der Waals surface area contributed by atoms with Crippen LogP contribution in [0.1, 0.15) is 11.1 Å². The Morgan fingerprint density at radius 3 is 2.52 bits per heavy atom. The van der Waals surface area contributed by atoms with Crippen molar-refractivity contribution in [3.63, 3.8) is 0 Å². The summed E-state index contributed by atoms with van der Waals surface area (Å²) < 4.78 is 28.2. The second-order valence-electron chi connectivity index (χ2n) is 5.14. The molecular weight excluding hydrogens is 272 g/mol. The molecule has 1 aromatic heterocycles. The Morgan fingerprint density at radius 2 is 1.81 bits per heavy atom. The summed E-state index contributed by atoms with van der Waals surface area (Å²) in [5.74, 6) is -0.722. The van der Waals surface area contributed by atoms with Crippen LogP contribution < -0.4 is 5.73 Å². The first kappa shape index (κ1) is 13.5. The van der Waals surface area contributed by atoms with Crippen molar-refractivity contribution >= 4 is 17.0 Å². The molecule has 0 unspecified atom stereocenters. The summed E-state index contributed by atoms with van der Waals surface area (Å²) in [5, 5.41) is 0. The number of aromatic nitrogens is 2. The Bertz CT molecular complexity index is 788. The number of hydrogen-bond donors (Lipinski definition) is 1. The lowest BCUT2D eigenvalue weighted by Gasteiger charge is -2.07. The number of anilines is 1. The topological polar surface area (TPSA) is 43.8 Å². The molecule has 0 aliphatic rings. The van der Waals surface area contributed by atoms with Gasteiger partial charge in [-0.05, 0) is 48.7 Å². The number of halogens is 2. The van der Waals surface area contributed by atoms with Crippen molar-refractivity contribution < 1.29 is 8.78 Å². The van der Waals surface area contributed by atoms with Gasteiger partial charge in [-0.1, -0.05) is 6.07 Å². The molecular formula is C16H15F2N3. The molecule has 5 heteroatoms. The molecule has 0 radical (unpaired) electrons. The Morgan fingerprint density at radius 1 is 1.10 bits per heavy atom. The van der Waals surface area contributed by atoms with Crippen LogP contribution >= 0.6 is 0 Å². The molecule has 0 aliphatic carbocycles. The summed E-state index contributed by atoms with van der Waals surface area (Å²) in [7, 11) is 0. The Balaban J connectivity index is 1.89. The van der Waals surface area contributed by atoms with Gasteiger partial charge in [-0.3, -0.25) is 0 Å². The van der Waals surface area contributed by atoms with Gasteiger partial charge in [0.2, 0.25) is 5.95 Å². The quantitative estimate of drug-likeness (QED) is 0.802. The van der Waals surface area contributed by atoms with Crippen molar-refractivity contribution in [1.29, 1.82) is 0 Å². The average molecular weight is 287 g/mol. The predicted octanol–water partition coefficient (Wildman–Crippen LogP) is 3.45. The van der Waals surface area contributed by atoms with Gasteiger partial charge in [0.05, 0.1) is 11.0 Å². The molecule has 3 aromatic rings. The van der Waals surface area contributed by atoms with E-state index in [0.717, 1.165) is 22.7 Å². The molecule has 0 amide bonds.